The van der Waals surface area contributed by atoms with Crippen molar-refractivity contribution in [2.24, 2.45) is 0 Å². The Morgan fingerprint density at radius 3 is 2.37 bits per heavy atom. The second kappa shape index (κ2) is 8.31. The van der Waals surface area contributed by atoms with Gasteiger partial charge in [-0.3, -0.25) is 4.79 Å². The van der Waals surface area contributed by atoms with E-state index < -0.39 is 12.1 Å². The molecule has 3 rings (SSSR count). The first kappa shape index (κ1) is 19.0. The molecule has 0 aromatic heterocycles. The SMILES string of the molecule is C[C@@H](OC(=O)c1ccc(Cl)cc1O)C(=O)N1CCN(c2ccccc2)CC1. The molecule has 1 saturated heterocycles. The highest BCUT2D eigenvalue weighted by Gasteiger charge is 2.28. The predicted octanol–water partition coefficient (Wildman–Crippen LogP) is 2.94. The fourth-order valence-electron chi connectivity index (χ4n) is 3.03. The highest BCUT2D eigenvalue weighted by atomic mass is 35.5. The Balaban J connectivity index is 1.55. The summed E-state index contributed by atoms with van der Waals surface area (Å²) in [7, 11) is 0. The van der Waals surface area contributed by atoms with Crippen LogP contribution in [0.15, 0.2) is 48.5 Å². The third kappa shape index (κ3) is 4.52. The van der Waals surface area contributed by atoms with Crippen LogP contribution in [0.4, 0.5) is 5.69 Å². The minimum absolute atomic E-state index is 0.0204. The number of benzene rings is 2. The molecule has 0 radical (unpaired) electrons. The van der Waals surface area contributed by atoms with E-state index in [0.29, 0.717) is 31.2 Å². The molecular formula is C20H21ClN2O4. The number of aromatic hydroxyl groups is 1. The number of carbonyl (C=O) groups excluding carboxylic acids is 2. The first-order valence-corrected chi connectivity index (χ1v) is 9.12. The van der Waals surface area contributed by atoms with Crippen LogP contribution in [0.3, 0.4) is 0 Å². The monoisotopic (exact) mass is 388 g/mol. The molecule has 1 amide bonds. The lowest BCUT2D eigenvalue weighted by Gasteiger charge is -2.37. The van der Waals surface area contributed by atoms with Crippen LogP contribution in [0.2, 0.25) is 5.02 Å². The molecule has 6 nitrogen and oxygen atoms in total. The minimum atomic E-state index is -0.934. The van der Waals surface area contributed by atoms with Crippen molar-refractivity contribution >= 4 is 29.2 Å². The van der Waals surface area contributed by atoms with Crippen molar-refractivity contribution in [2.45, 2.75) is 13.0 Å². The average molecular weight is 389 g/mol. The normalized spacial score (nSPS) is 15.3. The summed E-state index contributed by atoms with van der Waals surface area (Å²) in [5, 5.41) is 10.1. The van der Waals surface area contributed by atoms with Gasteiger partial charge in [0.2, 0.25) is 0 Å². The van der Waals surface area contributed by atoms with Crippen molar-refractivity contribution in [2.75, 3.05) is 31.1 Å². The van der Waals surface area contributed by atoms with Crippen LogP contribution in [0.1, 0.15) is 17.3 Å². The summed E-state index contributed by atoms with van der Waals surface area (Å²) in [6.45, 7) is 4.09. The van der Waals surface area contributed by atoms with Crippen LogP contribution < -0.4 is 4.90 Å². The number of para-hydroxylation sites is 1. The van der Waals surface area contributed by atoms with E-state index in [1.807, 2.05) is 30.3 Å². The van der Waals surface area contributed by atoms with Crippen molar-refractivity contribution in [3.05, 3.63) is 59.1 Å². The molecule has 2 aromatic carbocycles. The van der Waals surface area contributed by atoms with Crippen LogP contribution in [-0.2, 0) is 9.53 Å². The summed E-state index contributed by atoms with van der Waals surface area (Å²) in [6, 6.07) is 14.1. The Morgan fingerprint density at radius 1 is 1.07 bits per heavy atom. The zero-order chi connectivity index (χ0) is 19.4. The van der Waals surface area contributed by atoms with Crippen LogP contribution in [0.25, 0.3) is 0 Å². The molecule has 0 aliphatic carbocycles. The molecule has 0 spiro atoms. The summed E-state index contributed by atoms with van der Waals surface area (Å²) in [5.41, 5.74) is 1.11. The number of esters is 1. The fraction of sp³-hybridized carbons (Fsp3) is 0.300. The molecule has 1 N–H and O–H groups in total. The molecule has 27 heavy (non-hydrogen) atoms. The van der Waals surface area contributed by atoms with E-state index >= 15 is 0 Å². The molecule has 1 heterocycles. The first-order valence-electron chi connectivity index (χ1n) is 8.74. The van der Waals surface area contributed by atoms with Gasteiger partial charge in [-0.05, 0) is 37.3 Å². The molecule has 1 fully saturated rings. The van der Waals surface area contributed by atoms with Gasteiger partial charge in [0.05, 0.1) is 0 Å². The van der Waals surface area contributed by atoms with Crippen LogP contribution in [0.5, 0.6) is 5.75 Å². The summed E-state index contributed by atoms with van der Waals surface area (Å²) < 4.78 is 5.24. The average Bonchev–Trinajstić information content (AvgIpc) is 2.68. The van der Waals surface area contributed by atoms with E-state index in [4.69, 9.17) is 16.3 Å². The van der Waals surface area contributed by atoms with Crippen molar-refractivity contribution < 1.29 is 19.4 Å². The van der Waals surface area contributed by atoms with Crippen molar-refractivity contribution in [1.29, 1.82) is 0 Å². The van der Waals surface area contributed by atoms with Crippen molar-refractivity contribution in [1.82, 2.24) is 4.90 Å². The molecule has 1 aliphatic rings. The third-order valence-corrected chi connectivity index (χ3v) is 4.76. The summed E-state index contributed by atoms with van der Waals surface area (Å²) in [6.07, 6.45) is -0.934. The highest BCUT2D eigenvalue weighted by molar-refractivity contribution is 6.30. The summed E-state index contributed by atoms with van der Waals surface area (Å²) in [4.78, 5) is 28.7. The Labute approximate surface area is 162 Å². The van der Waals surface area contributed by atoms with Crippen molar-refractivity contribution in [3.8, 4) is 5.75 Å². The number of nitrogens with zero attached hydrogens (tertiary/aromatic N) is 2. The molecule has 0 unspecified atom stereocenters. The van der Waals surface area contributed by atoms with Gasteiger partial charge in [0, 0.05) is 36.9 Å². The van der Waals surface area contributed by atoms with Gasteiger partial charge in [0.15, 0.2) is 6.10 Å². The molecular weight excluding hydrogens is 368 g/mol. The summed E-state index contributed by atoms with van der Waals surface area (Å²) in [5.74, 6) is -1.28. The lowest BCUT2D eigenvalue weighted by molar-refractivity contribution is -0.140. The predicted molar refractivity (Wildman–Crippen MR) is 103 cm³/mol. The Hall–Kier alpha value is -2.73. The molecule has 0 saturated carbocycles. The Morgan fingerprint density at radius 2 is 1.74 bits per heavy atom. The van der Waals surface area contributed by atoms with E-state index in [2.05, 4.69) is 4.90 Å². The van der Waals surface area contributed by atoms with E-state index in [1.54, 1.807) is 4.90 Å². The van der Waals surface area contributed by atoms with Gasteiger partial charge >= 0.3 is 5.97 Å². The minimum Gasteiger partial charge on any atom is -0.507 e. The van der Waals surface area contributed by atoms with Gasteiger partial charge < -0.3 is 19.6 Å². The molecule has 0 bridgehead atoms. The van der Waals surface area contributed by atoms with E-state index in [1.165, 1.54) is 25.1 Å². The maximum absolute atomic E-state index is 12.6. The largest absolute Gasteiger partial charge is 0.507 e. The van der Waals surface area contributed by atoms with E-state index in [9.17, 15) is 14.7 Å². The van der Waals surface area contributed by atoms with E-state index in [0.717, 1.165) is 5.69 Å². The van der Waals surface area contributed by atoms with Crippen LogP contribution in [-0.4, -0.2) is 54.2 Å². The number of phenols is 1. The zero-order valence-corrected chi connectivity index (χ0v) is 15.7. The second-order valence-electron chi connectivity index (χ2n) is 6.36. The Bertz CT molecular complexity index is 820. The number of piperazine rings is 1. The fourth-order valence-corrected chi connectivity index (χ4v) is 3.20. The second-order valence-corrected chi connectivity index (χ2v) is 6.79. The van der Waals surface area contributed by atoms with Gasteiger partial charge in [-0.2, -0.15) is 0 Å². The highest BCUT2D eigenvalue weighted by Crippen LogP contribution is 2.23. The topological polar surface area (TPSA) is 70.1 Å². The number of carbonyl (C=O) groups is 2. The molecule has 2 aromatic rings. The quantitative estimate of drug-likeness (QED) is 0.815. The number of hydrogen-bond acceptors (Lipinski definition) is 5. The number of hydrogen-bond donors (Lipinski definition) is 1. The number of amides is 1. The van der Waals surface area contributed by atoms with Gasteiger partial charge in [-0.25, -0.2) is 4.79 Å². The third-order valence-electron chi connectivity index (χ3n) is 4.52. The smallest absolute Gasteiger partial charge is 0.342 e. The van der Waals surface area contributed by atoms with Gasteiger partial charge in [-0.15, -0.1) is 0 Å². The lowest BCUT2D eigenvalue weighted by atomic mass is 10.2. The van der Waals surface area contributed by atoms with Crippen LogP contribution in [0, 0.1) is 0 Å². The zero-order valence-electron chi connectivity index (χ0n) is 15.0. The molecule has 1 aliphatic heterocycles. The van der Waals surface area contributed by atoms with Gasteiger partial charge in [0.1, 0.15) is 11.3 Å². The first-order chi connectivity index (χ1) is 13.0. The van der Waals surface area contributed by atoms with Gasteiger partial charge in [0.25, 0.3) is 5.91 Å². The number of rotatable bonds is 4. The van der Waals surface area contributed by atoms with E-state index in [-0.39, 0.29) is 17.2 Å². The maximum Gasteiger partial charge on any atom is 0.342 e. The Kier molecular flexibility index (Phi) is 5.86. The number of anilines is 1. The van der Waals surface area contributed by atoms with Gasteiger partial charge in [-0.1, -0.05) is 29.8 Å². The molecule has 1 atom stereocenters. The maximum atomic E-state index is 12.6. The summed E-state index contributed by atoms with van der Waals surface area (Å²) >= 11 is 5.76. The lowest BCUT2D eigenvalue weighted by Crippen LogP contribution is -2.51. The molecule has 142 valence electrons. The standard InChI is InChI=1S/C20H21ClN2O4/c1-14(27-20(26)17-8-7-15(21)13-18(17)24)19(25)23-11-9-22(10-12-23)16-5-3-2-4-6-16/h2-8,13-14,24H,9-12H2,1H3/t14-/m1/s1. The number of halogens is 1. The number of ether oxygens (including phenoxy) is 1. The van der Waals surface area contributed by atoms with Crippen LogP contribution >= 0.6 is 11.6 Å². The number of phenolic OH excluding ortho intramolecular Hbond substituents is 1. The van der Waals surface area contributed by atoms with Crippen molar-refractivity contribution in [3.63, 3.8) is 0 Å². The molecule has 7 heteroatoms.